The maximum atomic E-state index is 9.25. The Morgan fingerprint density at radius 2 is 0.407 bits per heavy atom. The number of aliphatic carboxylic acids is 9. The average Bonchev–Trinajstić information content (AvgIpc) is 3.14. The molecule has 308 valence electrons. The van der Waals surface area contributed by atoms with E-state index in [1.165, 1.54) is 0 Å². The highest BCUT2D eigenvalue weighted by Gasteiger charge is 2.24. The molecule has 21 heteroatoms. The van der Waals surface area contributed by atoms with Crippen LogP contribution in [0.1, 0.15) is 13.3 Å². The van der Waals surface area contributed by atoms with Gasteiger partial charge in [-0.2, -0.15) is 0 Å². The van der Waals surface area contributed by atoms with E-state index in [2.05, 4.69) is 59.2 Å². The van der Waals surface area contributed by atoms with E-state index < -0.39 is 59.1 Å². The lowest BCUT2D eigenvalue weighted by atomic mass is 9.88. The Kier molecular flexibility index (Phi) is 81.9. The minimum atomic E-state index is -0.981. The van der Waals surface area contributed by atoms with Crippen LogP contribution in [0.2, 0.25) is 0 Å². The highest BCUT2D eigenvalue weighted by Crippen LogP contribution is 2.18. The first-order valence-electron chi connectivity index (χ1n) is 13.2. The number of aliphatic hydroxyl groups excluding tert-OH is 3. The zero-order chi connectivity index (χ0) is 45.9. The molecule has 0 aliphatic carbocycles. The number of carbonyl (C=O) groups is 9. The van der Waals surface area contributed by atoms with Crippen molar-refractivity contribution in [1.29, 1.82) is 0 Å². The maximum Gasteiger partial charge on any atom is 0.327 e. The van der Waals surface area contributed by atoms with Crippen LogP contribution >= 0.6 is 0 Å². The Labute approximate surface area is 310 Å². The number of carboxylic acid groups (broad SMARTS) is 9. The molecule has 0 spiro atoms. The largest absolute Gasteiger partial charge is 0.478 e. The molecule has 54 heavy (non-hydrogen) atoms. The van der Waals surface area contributed by atoms with Crippen molar-refractivity contribution in [1.82, 2.24) is 0 Å². The Balaban J connectivity index is -0.0000000502. The molecule has 0 saturated heterocycles. The van der Waals surface area contributed by atoms with Crippen molar-refractivity contribution in [2.24, 2.45) is 5.41 Å². The molecule has 0 saturated carbocycles. The first kappa shape index (κ1) is 72.5. The lowest BCUT2D eigenvalue weighted by molar-refractivity contribution is -0.132. The summed E-state index contributed by atoms with van der Waals surface area (Å²) >= 11 is 0. The highest BCUT2D eigenvalue weighted by molar-refractivity contribution is 5.81. The van der Waals surface area contributed by atoms with Crippen molar-refractivity contribution in [2.75, 3.05) is 19.8 Å². The van der Waals surface area contributed by atoms with Crippen molar-refractivity contribution >= 4 is 53.7 Å². The fourth-order valence-corrected chi connectivity index (χ4v) is 0.485. The van der Waals surface area contributed by atoms with E-state index in [0.717, 1.165) is 54.7 Å². The van der Waals surface area contributed by atoms with Crippen LogP contribution in [0.4, 0.5) is 0 Å². The van der Waals surface area contributed by atoms with Gasteiger partial charge in [0.05, 0.1) is 19.8 Å². The minimum Gasteiger partial charge on any atom is -0.478 e. The van der Waals surface area contributed by atoms with Gasteiger partial charge in [-0.3, -0.25) is 0 Å². The summed E-state index contributed by atoms with van der Waals surface area (Å²) in [5.41, 5.74) is -0.667. The number of aliphatic hydroxyl groups is 3. The molecular formula is C33H50O21. The van der Waals surface area contributed by atoms with Crippen molar-refractivity contribution in [3.63, 3.8) is 0 Å². The van der Waals surface area contributed by atoms with Gasteiger partial charge in [0, 0.05) is 60.1 Å². The molecule has 0 bridgehead atoms. The summed E-state index contributed by atoms with van der Waals surface area (Å²) in [4.78, 5) is 83.2. The fourth-order valence-electron chi connectivity index (χ4n) is 0.485. The molecule has 0 unspecified atom stereocenters. The standard InChI is InChI=1S/C6H14O3.9C3H4O2/c1-2-6(3-7,4-8)5-9;9*1-2-3(4)5/h7-9H,2-5H2,1H3;9*2H,1H2,(H,4,5). The summed E-state index contributed by atoms with van der Waals surface area (Å²) in [6.45, 7) is 28.0. The Morgan fingerprint density at radius 1 is 0.333 bits per heavy atom. The number of hydrogen-bond acceptors (Lipinski definition) is 12. The molecule has 21 nitrogen and oxygen atoms in total. The molecule has 0 aliphatic heterocycles. The first-order valence-corrected chi connectivity index (χ1v) is 13.2. The molecule has 0 aromatic heterocycles. The zero-order valence-electron chi connectivity index (χ0n) is 29.4. The van der Waals surface area contributed by atoms with E-state index in [-0.39, 0.29) is 19.8 Å². The Hall–Kier alpha value is -7.23. The second-order valence-corrected chi connectivity index (χ2v) is 7.21. The lowest BCUT2D eigenvalue weighted by Crippen LogP contribution is -2.32. The summed E-state index contributed by atoms with van der Waals surface area (Å²) in [7, 11) is 0. The van der Waals surface area contributed by atoms with Gasteiger partial charge in [0.15, 0.2) is 0 Å². The number of hydrogen-bond donors (Lipinski definition) is 12. The second kappa shape index (κ2) is 61.0. The number of carboxylic acids is 9. The molecule has 0 aromatic carbocycles. The van der Waals surface area contributed by atoms with Crippen LogP contribution in [0.5, 0.6) is 0 Å². The fraction of sp³-hybridized carbons (Fsp3) is 0.182. The minimum absolute atomic E-state index is 0.156. The van der Waals surface area contributed by atoms with E-state index in [1.807, 2.05) is 6.92 Å². The maximum absolute atomic E-state index is 9.25. The molecule has 0 aliphatic rings. The van der Waals surface area contributed by atoms with Crippen LogP contribution in [0.25, 0.3) is 0 Å². The summed E-state index contributed by atoms with van der Waals surface area (Å²) < 4.78 is 0. The SMILES string of the molecule is C=CC(=O)O.C=CC(=O)O.C=CC(=O)O.C=CC(=O)O.C=CC(=O)O.C=CC(=O)O.C=CC(=O)O.C=CC(=O)O.C=CC(=O)O.CCC(CO)(CO)CO. The van der Waals surface area contributed by atoms with Crippen LogP contribution in [0.15, 0.2) is 114 Å². The summed E-state index contributed by atoms with van der Waals surface area (Å²) in [6.07, 6.45) is 8.09. The zero-order valence-corrected chi connectivity index (χ0v) is 29.4. The topological polar surface area (TPSA) is 396 Å². The second-order valence-electron chi connectivity index (χ2n) is 7.21. The van der Waals surface area contributed by atoms with Gasteiger partial charge < -0.3 is 61.3 Å². The van der Waals surface area contributed by atoms with Crippen molar-refractivity contribution in [3.8, 4) is 0 Å². The summed E-state index contributed by atoms with van der Waals surface area (Å²) in [5, 5.41) is 94.4. The van der Waals surface area contributed by atoms with Crippen molar-refractivity contribution in [3.05, 3.63) is 114 Å². The van der Waals surface area contributed by atoms with E-state index >= 15 is 0 Å². The highest BCUT2D eigenvalue weighted by atomic mass is 16.4. The van der Waals surface area contributed by atoms with Gasteiger partial charge in [0.2, 0.25) is 0 Å². The monoisotopic (exact) mass is 782 g/mol. The summed E-state index contributed by atoms with van der Waals surface area (Å²) in [5.74, 6) is -8.83. The van der Waals surface area contributed by atoms with Gasteiger partial charge in [0.25, 0.3) is 0 Å². The van der Waals surface area contributed by atoms with Gasteiger partial charge in [-0.1, -0.05) is 66.1 Å². The molecule has 0 atom stereocenters. The molecule has 0 heterocycles. The van der Waals surface area contributed by atoms with Crippen LogP contribution in [-0.4, -0.2) is 135 Å². The third-order valence-corrected chi connectivity index (χ3v) is 3.33. The third kappa shape index (κ3) is 165. The van der Waals surface area contributed by atoms with E-state index in [9.17, 15) is 43.2 Å². The van der Waals surface area contributed by atoms with Crippen LogP contribution in [0.3, 0.4) is 0 Å². The molecule has 0 rings (SSSR count). The molecule has 0 radical (unpaired) electrons. The van der Waals surface area contributed by atoms with Crippen molar-refractivity contribution in [2.45, 2.75) is 13.3 Å². The Bertz CT molecular complexity index is 902. The van der Waals surface area contributed by atoms with Crippen molar-refractivity contribution < 1.29 is 104 Å². The van der Waals surface area contributed by atoms with E-state index in [0.29, 0.717) is 6.42 Å². The van der Waals surface area contributed by atoms with E-state index in [4.69, 9.17) is 61.3 Å². The average molecular weight is 783 g/mol. The first-order chi connectivity index (χ1) is 24.7. The summed E-state index contributed by atoms with van der Waals surface area (Å²) in [6, 6.07) is 0. The molecule has 12 N–H and O–H groups in total. The van der Waals surface area contributed by atoms with Gasteiger partial charge in [-0.25, -0.2) is 43.2 Å². The molecule has 0 amide bonds. The molecule has 0 aromatic rings. The van der Waals surface area contributed by atoms with Crippen LogP contribution < -0.4 is 0 Å². The van der Waals surface area contributed by atoms with Gasteiger partial charge in [-0.05, 0) is 6.42 Å². The van der Waals surface area contributed by atoms with Gasteiger partial charge >= 0.3 is 53.7 Å². The normalized spacial score (nSPS) is 7.33. The molecule has 0 fully saturated rings. The smallest absolute Gasteiger partial charge is 0.327 e. The predicted molar refractivity (Wildman–Crippen MR) is 194 cm³/mol. The third-order valence-electron chi connectivity index (χ3n) is 3.33. The van der Waals surface area contributed by atoms with Crippen LogP contribution in [0, 0.1) is 5.41 Å². The number of rotatable bonds is 13. The van der Waals surface area contributed by atoms with E-state index in [1.54, 1.807) is 0 Å². The lowest BCUT2D eigenvalue weighted by Gasteiger charge is -2.24. The van der Waals surface area contributed by atoms with Gasteiger partial charge in [-0.15, -0.1) is 0 Å². The quantitative estimate of drug-likeness (QED) is 0.118. The molecular weight excluding hydrogens is 732 g/mol. The van der Waals surface area contributed by atoms with Crippen LogP contribution in [-0.2, 0) is 43.2 Å². The Morgan fingerprint density at radius 3 is 0.407 bits per heavy atom. The van der Waals surface area contributed by atoms with Gasteiger partial charge in [0.1, 0.15) is 0 Å². The predicted octanol–water partition coefficient (Wildman–Crippen LogP) is 1.67.